The number of nitrogens with zero attached hydrogens (tertiary/aromatic N) is 1. The first-order valence-electron chi connectivity index (χ1n) is 6.84. The second-order valence-electron chi connectivity index (χ2n) is 5.35. The van der Waals surface area contributed by atoms with E-state index in [2.05, 4.69) is 0 Å². The molecule has 2 rings (SSSR count). The zero-order chi connectivity index (χ0) is 14.7. The van der Waals surface area contributed by atoms with E-state index in [1.807, 2.05) is 55.8 Å². The Balaban J connectivity index is 2.22. The molecular weight excluding hydrogens is 254 g/mol. The number of fused-ring (bicyclic) bond motifs is 1. The molecule has 0 saturated carbocycles. The van der Waals surface area contributed by atoms with Crippen molar-refractivity contribution in [3.8, 4) is 5.75 Å². The number of rotatable bonds is 5. The van der Waals surface area contributed by atoms with Crippen molar-refractivity contribution in [3.05, 3.63) is 30.5 Å². The van der Waals surface area contributed by atoms with Crippen LogP contribution < -0.4 is 4.74 Å². The highest BCUT2D eigenvalue weighted by molar-refractivity contribution is 5.84. The first-order valence-corrected chi connectivity index (χ1v) is 6.84. The van der Waals surface area contributed by atoms with E-state index in [4.69, 9.17) is 9.47 Å². The molecule has 0 spiro atoms. The number of hydrogen-bond acceptors (Lipinski definition) is 3. The number of carbonyl (C=O) groups excluding carboxylic acids is 1. The van der Waals surface area contributed by atoms with Gasteiger partial charge < -0.3 is 14.0 Å². The van der Waals surface area contributed by atoms with Gasteiger partial charge in [0, 0.05) is 17.1 Å². The fraction of sp³-hybridized carbons (Fsp3) is 0.438. The van der Waals surface area contributed by atoms with Crippen LogP contribution in [-0.4, -0.2) is 24.3 Å². The van der Waals surface area contributed by atoms with Crippen LogP contribution in [0.25, 0.3) is 10.9 Å². The van der Waals surface area contributed by atoms with E-state index in [1.165, 1.54) is 0 Å². The van der Waals surface area contributed by atoms with Gasteiger partial charge in [-0.05, 0) is 37.1 Å². The number of benzene rings is 1. The molecule has 1 aromatic heterocycles. The van der Waals surface area contributed by atoms with Gasteiger partial charge in [0.15, 0.2) is 0 Å². The number of hydrogen-bond donors (Lipinski definition) is 0. The van der Waals surface area contributed by atoms with Gasteiger partial charge in [0.2, 0.25) is 0 Å². The third-order valence-corrected chi connectivity index (χ3v) is 3.24. The summed E-state index contributed by atoms with van der Waals surface area (Å²) in [6, 6.07) is 7.45. The Morgan fingerprint density at radius 3 is 2.65 bits per heavy atom. The fourth-order valence-corrected chi connectivity index (χ4v) is 2.09. The van der Waals surface area contributed by atoms with Gasteiger partial charge in [0.25, 0.3) is 0 Å². The van der Waals surface area contributed by atoms with Crippen molar-refractivity contribution in [2.75, 3.05) is 13.7 Å². The van der Waals surface area contributed by atoms with Crippen LogP contribution in [0, 0.1) is 5.92 Å². The molecule has 1 aromatic carbocycles. The first kappa shape index (κ1) is 14.4. The fourth-order valence-electron chi connectivity index (χ4n) is 2.09. The lowest BCUT2D eigenvalue weighted by Crippen LogP contribution is -2.20. The third kappa shape index (κ3) is 2.95. The van der Waals surface area contributed by atoms with Gasteiger partial charge in [-0.25, -0.2) is 4.79 Å². The Kier molecular flexibility index (Phi) is 4.32. The summed E-state index contributed by atoms with van der Waals surface area (Å²) in [6.45, 7) is 6.35. The smallest absolute Gasteiger partial charge is 0.328 e. The minimum Gasteiger partial charge on any atom is -0.497 e. The van der Waals surface area contributed by atoms with Crippen LogP contribution in [-0.2, 0) is 9.53 Å². The van der Waals surface area contributed by atoms with Crippen LogP contribution in [0.4, 0.5) is 0 Å². The summed E-state index contributed by atoms with van der Waals surface area (Å²) in [7, 11) is 1.64. The molecule has 0 amide bonds. The van der Waals surface area contributed by atoms with Crippen molar-refractivity contribution in [3.63, 3.8) is 0 Å². The molecule has 0 N–H and O–H groups in total. The Labute approximate surface area is 119 Å². The second kappa shape index (κ2) is 5.99. The molecule has 108 valence electrons. The van der Waals surface area contributed by atoms with Crippen LogP contribution in [0.2, 0.25) is 0 Å². The van der Waals surface area contributed by atoms with Crippen molar-refractivity contribution in [2.45, 2.75) is 26.8 Å². The molecular formula is C16H21NO3. The van der Waals surface area contributed by atoms with Gasteiger partial charge in [-0.2, -0.15) is 0 Å². The Bertz CT molecular complexity index is 601. The Morgan fingerprint density at radius 1 is 1.25 bits per heavy atom. The maximum atomic E-state index is 12.0. The Morgan fingerprint density at radius 2 is 2.00 bits per heavy atom. The van der Waals surface area contributed by atoms with Crippen LogP contribution in [0.3, 0.4) is 0 Å². The van der Waals surface area contributed by atoms with Gasteiger partial charge in [-0.1, -0.05) is 13.8 Å². The molecule has 0 saturated heterocycles. The SMILES string of the molecule is COc1ccc2c(ccn2C(C)C(=O)OCC(C)C)c1. The molecule has 1 atom stereocenters. The van der Waals surface area contributed by atoms with Gasteiger partial charge in [0.05, 0.1) is 13.7 Å². The molecule has 0 aliphatic rings. The summed E-state index contributed by atoms with van der Waals surface area (Å²) in [5.74, 6) is 0.953. The minimum atomic E-state index is -0.334. The van der Waals surface area contributed by atoms with Gasteiger partial charge >= 0.3 is 5.97 Å². The average molecular weight is 275 g/mol. The summed E-state index contributed by atoms with van der Waals surface area (Å²) >= 11 is 0. The molecule has 20 heavy (non-hydrogen) atoms. The molecule has 1 unspecified atom stereocenters. The van der Waals surface area contributed by atoms with Crippen molar-refractivity contribution < 1.29 is 14.3 Å². The van der Waals surface area contributed by atoms with Crippen molar-refractivity contribution >= 4 is 16.9 Å². The van der Waals surface area contributed by atoms with Crippen LogP contribution in [0.5, 0.6) is 5.75 Å². The number of carbonyl (C=O) groups is 1. The number of esters is 1. The molecule has 1 heterocycles. The van der Waals surface area contributed by atoms with Crippen LogP contribution >= 0.6 is 0 Å². The van der Waals surface area contributed by atoms with Gasteiger partial charge in [0.1, 0.15) is 11.8 Å². The number of ether oxygens (including phenoxy) is 2. The second-order valence-corrected chi connectivity index (χ2v) is 5.35. The molecule has 2 aromatic rings. The van der Waals surface area contributed by atoms with Gasteiger partial charge in [-0.15, -0.1) is 0 Å². The Hall–Kier alpha value is -1.97. The predicted octanol–water partition coefficient (Wildman–Crippen LogP) is 3.41. The highest BCUT2D eigenvalue weighted by Gasteiger charge is 2.18. The zero-order valence-electron chi connectivity index (χ0n) is 12.4. The highest BCUT2D eigenvalue weighted by Crippen LogP contribution is 2.25. The molecule has 0 aliphatic carbocycles. The van der Waals surface area contributed by atoms with Crippen molar-refractivity contribution in [1.29, 1.82) is 0 Å². The molecule has 0 aliphatic heterocycles. The molecule has 4 nitrogen and oxygen atoms in total. The summed E-state index contributed by atoms with van der Waals surface area (Å²) < 4.78 is 12.4. The quantitative estimate of drug-likeness (QED) is 0.785. The van der Waals surface area contributed by atoms with E-state index < -0.39 is 0 Å². The van der Waals surface area contributed by atoms with E-state index in [-0.39, 0.29) is 12.0 Å². The summed E-state index contributed by atoms with van der Waals surface area (Å²) in [5, 5.41) is 1.05. The van der Waals surface area contributed by atoms with E-state index >= 15 is 0 Å². The monoisotopic (exact) mass is 275 g/mol. The lowest BCUT2D eigenvalue weighted by molar-refractivity contribution is -0.148. The number of aromatic nitrogens is 1. The lowest BCUT2D eigenvalue weighted by Gasteiger charge is -2.15. The lowest BCUT2D eigenvalue weighted by atomic mass is 10.2. The van der Waals surface area contributed by atoms with Gasteiger partial charge in [-0.3, -0.25) is 0 Å². The standard InChI is InChI=1S/C16H21NO3/c1-11(2)10-20-16(18)12(3)17-8-7-13-9-14(19-4)5-6-15(13)17/h5-9,11-12H,10H2,1-4H3. The van der Waals surface area contributed by atoms with E-state index in [0.717, 1.165) is 16.7 Å². The first-order chi connectivity index (χ1) is 9.52. The molecule has 0 fully saturated rings. The third-order valence-electron chi connectivity index (χ3n) is 3.24. The number of methoxy groups -OCH3 is 1. The summed E-state index contributed by atoms with van der Waals surface area (Å²) in [4.78, 5) is 12.0. The normalized spacial score (nSPS) is 12.7. The predicted molar refractivity (Wildman–Crippen MR) is 79.0 cm³/mol. The summed E-state index contributed by atoms with van der Waals surface area (Å²) in [5.41, 5.74) is 1.000. The van der Waals surface area contributed by atoms with Crippen LogP contribution in [0.1, 0.15) is 26.8 Å². The maximum absolute atomic E-state index is 12.0. The molecule has 0 radical (unpaired) electrons. The molecule has 4 heteroatoms. The van der Waals surface area contributed by atoms with Crippen LogP contribution in [0.15, 0.2) is 30.5 Å². The van der Waals surface area contributed by atoms with E-state index in [0.29, 0.717) is 12.5 Å². The van der Waals surface area contributed by atoms with Crippen molar-refractivity contribution in [1.82, 2.24) is 4.57 Å². The maximum Gasteiger partial charge on any atom is 0.328 e. The van der Waals surface area contributed by atoms with Crippen molar-refractivity contribution in [2.24, 2.45) is 5.92 Å². The highest BCUT2D eigenvalue weighted by atomic mass is 16.5. The zero-order valence-corrected chi connectivity index (χ0v) is 12.4. The average Bonchev–Trinajstić information content (AvgIpc) is 2.86. The minimum absolute atomic E-state index is 0.202. The topological polar surface area (TPSA) is 40.5 Å². The largest absolute Gasteiger partial charge is 0.497 e. The van der Waals surface area contributed by atoms with E-state index in [9.17, 15) is 4.79 Å². The summed E-state index contributed by atoms with van der Waals surface area (Å²) in [6.07, 6.45) is 1.91. The van der Waals surface area contributed by atoms with E-state index in [1.54, 1.807) is 7.11 Å². The molecule has 0 bridgehead atoms.